The Labute approximate surface area is 257 Å². The second-order valence-electron chi connectivity index (χ2n) is 10.9. The lowest BCUT2D eigenvalue weighted by molar-refractivity contribution is -0.394. The van der Waals surface area contributed by atoms with Gasteiger partial charge < -0.3 is 9.47 Å². The molecule has 6 aromatic rings. The maximum Gasteiger partial charge on any atom is 0.496 e. The number of ether oxygens (including phenoxy) is 2. The summed E-state index contributed by atoms with van der Waals surface area (Å²) >= 11 is 0. The van der Waals surface area contributed by atoms with E-state index in [1.54, 1.807) is 0 Å². The molecule has 2 heterocycles. The van der Waals surface area contributed by atoms with Crippen LogP contribution in [0.25, 0.3) is 22.4 Å². The molecule has 0 aliphatic carbocycles. The normalized spacial score (nSPS) is 11.9. The first-order valence-corrected chi connectivity index (χ1v) is 14.6. The van der Waals surface area contributed by atoms with Gasteiger partial charge in [-0.15, -0.1) is 0 Å². The van der Waals surface area contributed by atoms with E-state index in [4.69, 9.17) is 9.47 Å². The molecule has 212 valence electrons. The number of hydrogen-bond acceptors (Lipinski definition) is 3. The Morgan fingerprint density at radius 1 is 0.545 bits per heavy atom. The molecular formula is C39H31N3O2+2. The third-order valence-electron chi connectivity index (χ3n) is 7.79. The van der Waals surface area contributed by atoms with Gasteiger partial charge in [0.1, 0.15) is 23.0 Å². The second-order valence-corrected chi connectivity index (χ2v) is 10.9. The first kappa shape index (κ1) is 27.1. The number of benzene rings is 5. The van der Waals surface area contributed by atoms with E-state index in [1.165, 1.54) is 11.1 Å². The SMILES string of the molecule is Cc1cc2c(cc1C)[N+](c1cccc(Oc3cccc(-c4cc(-c5cccc(Oc6ccccc6)c5)ccn4)c3)c1)=C=[N+]2C. The minimum absolute atomic E-state index is 0.739. The fourth-order valence-electron chi connectivity index (χ4n) is 5.36. The van der Waals surface area contributed by atoms with E-state index in [-0.39, 0.29) is 0 Å². The molecule has 1 aliphatic heterocycles. The summed E-state index contributed by atoms with van der Waals surface area (Å²) in [5, 5.41) is 0. The van der Waals surface area contributed by atoms with Gasteiger partial charge in [-0.25, -0.2) is 0 Å². The van der Waals surface area contributed by atoms with Crippen LogP contribution < -0.4 is 14.0 Å². The first-order chi connectivity index (χ1) is 21.5. The van der Waals surface area contributed by atoms with E-state index in [0.717, 1.165) is 62.4 Å². The number of pyridine rings is 1. The molecule has 0 fully saturated rings. The van der Waals surface area contributed by atoms with Gasteiger partial charge >= 0.3 is 6.01 Å². The second kappa shape index (κ2) is 11.5. The molecular weight excluding hydrogens is 542 g/mol. The molecule has 5 nitrogen and oxygen atoms in total. The van der Waals surface area contributed by atoms with Crippen molar-refractivity contribution in [2.75, 3.05) is 7.05 Å². The molecule has 1 aromatic heterocycles. The van der Waals surface area contributed by atoms with Crippen LogP contribution in [-0.2, 0) is 0 Å². The zero-order valence-electron chi connectivity index (χ0n) is 24.9. The predicted molar refractivity (Wildman–Crippen MR) is 176 cm³/mol. The van der Waals surface area contributed by atoms with Crippen LogP contribution in [0.3, 0.4) is 0 Å². The van der Waals surface area contributed by atoms with Crippen molar-refractivity contribution in [1.29, 1.82) is 0 Å². The fourth-order valence-corrected chi connectivity index (χ4v) is 5.36. The third kappa shape index (κ3) is 5.52. The Morgan fingerprint density at radius 2 is 1.14 bits per heavy atom. The summed E-state index contributed by atoms with van der Waals surface area (Å²) in [6.07, 6.45) is 1.84. The van der Waals surface area contributed by atoms with Gasteiger partial charge in [-0.2, -0.15) is 0 Å². The monoisotopic (exact) mass is 573 g/mol. The van der Waals surface area contributed by atoms with E-state index in [9.17, 15) is 0 Å². The third-order valence-corrected chi connectivity index (χ3v) is 7.79. The predicted octanol–water partition coefficient (Wildman–Crippen LogP) is 9.91. The maximum atomic E-state index is 6.37. The minimum atomic E-state index is 0.739. The Balaban J connectivity index is 1.13. The fraction of sp³-hybridized carbons (Fsp3) is 0.0769. The molecule has 0 N–H and O–H groups in total. The largest absolute Gasteiger partial charge is 0.496 e. The Morgan fingerprint density at radius 3 is 1.91 bits per heavy atom. The van der Waals surface area contributed by atoms with Crippen LogP contribution >= 0.6 is 0 Å². The van der Waals surface area contributed by atoms with Crippen LogP contribution in [0.2, 0.25) is 0 Å². The van der Waals surface area contributed by atoms with Crippen molar-refractivity contribution < 1.29 is 14.0 Å². The van der Waals surface area contributed by atoms with Crippen molar-refractivity contribution in [3.63, 3.8) is 0 Å². The molecule has 0 atom stereocenters. The van der Waals surface area contributed by atoms with Crippen LogP contribution in [0.4, 0.5) is 17.1 Å². The summed E-state index contributed by atoms with van der Waals surface area (Å²) in [6, 6.07) is 46.0. The molecule has 7 rings (SSSR count). The number of hydrogen-bond donors (Lipinski definition) is 0. The Bertz CT molecular complexity index is 2090. The molecule has 0 bridgehead atoms. The molecule has 1 aliphatic rings. The quantitative estimate of drug-likeness (QED) is 0.178. The molecule has 0 saturated heterocycles. The van der Waals surface area contributed by atoms with Crippen LogP contribution in [0.1, 0.15) is 11.1 Å². The van der Waals surface area contributed by atoms with Crippen molar-refractivity contribution in [2.45, 2.75) is 13.8 Å². The molecule has 0 spiro atoms. The summed E-state index contributed by atoms with van der Waals surface area (Å²) in [7, 11) is 2.03. The number of rotatable bonds is 7. The van der Waals surface area contributed by atoms with Crippen LogP contribution in [0.15, 0.2) is 134 Å². The highest BCUT2D eigenvalue weighted by molar-refractivity contribution is 5.76. The van der Waals surface area contributed by atoms with Gasteiger partial charge in [-0.1, -0.05) is 53.1 Å². The molecule has 0 amide bonds. The number of fused-ring (bicyclic) bond motifs is 1. The van der Waals surface area contributed by atoms with Crippen molar-refractivity contribution in [3.8, 4) is 45.4 Å². The van der Waals surface area contributed by atoms with Crippen molar-refractivity contribution in [1.82, 2.24) is 9.56 Å². The number of nitrogens with zero attached hydrogens (tertiary/aromatic N) is 3. The molecule has 0 radical (unpaired) electrons. The molecule has 0 unspecified atom stereocenters. The van der Waals surface area contributed by atoms with Crippen LogP contribution in [0, 0.1) is 13.8 Å². The van der Waals surface area contributed by atoms with Gasteiger partial charge in [0.05, 0.1) is 11.8 Å². The lowest BCUT2D eigenvalue weighted by atomic mass is 10.0. The van der Waals surface area contributed by atoms with Gasteiger partial charge in [0.25, 0.3) is 11.4 Å². The van der Waals surface area contributed by atoms with Gasteiger partial charge in [0, 0.05) is 30.0 Å². The summed E-state index contributed by atoms with van der Waals surface area (Å²) < 4.78 is 16.6. The standard InChI is InChI=1S/C39H31N3O2/c1-27-20-38-39(21-28(27)2)42(26-41(38)3)32-12-9-17-36(25-32)44-35-16-8-11-31(23-35)37-24-30(18-19-40-37)29-10-7-15-34(22-29)43-33-13-5-4-6-14-33/h4-25H,1-3H3/q+2. The lowest BCUT2D eigenvalue weighted by Gasteiger charge is -2.10. The highest BCUT2D eigenvalue weighted by Crippen LogP contribution is 2.37. The smallest absolute Gasteiger partial charge is 0.457 e. The van der Waals surface area contributed by atoms with Gasteiger partial charge in [0.15, 0.2) is 7.05 Å². The van der Waals surface area contributed by atoms with E-state index in [1.807, 2.05) is 109 Å². The Kier molecular flexibility index (Phi) is 7.07. The van der Waals surface area contributed by atoms with Crippen LogP contribution in [-0.4, -0.2) is 22.6 Å². The average Bonchev–Trinajstić information content (AvgIpc) is 3.37. The zero-order valence-corrected chi connectivity index (χ0v) is 24.9. The molecule has 0 saturated carbocycles. The van der Waals surface area contributed by atoms with E-state index >= 15 is 0 Å². The topological polar surface area (TPSA) is 37.4 Å². The number of para-hydroxylation sites is 1. The minimum Gasteiger partial charge on any atom is -0.457 e. The summed E-state index contributed by atoms with van der Waals surface area (Å²) in [5.41, 5.74) is 9.70. The zero-order chi connectivity index (χ0) is 30.0. The first-order valence-electron chi connectivity index (χ1n) is 14.6. The van der Waals surface area contributed by atoms with E-state index < -0.39 is 0 Å². The van der Waals surface area contributed by atoms with Gasteiger partial charge in [-0.3, -0.25) is 4.98 Å². The van der Waals surface area contributed by atoms with E-state index in [2.05, 4.69) is 65.8 Å². The molecule has 44 heavy (non-hydrogen) atoms. The average molecular weight is 574 g/mol. The Hall–Kier alpha value is -5.77. The lowest BCUT2D eigenvalue weighted by Crippen LogP contribution is -2.00. The van der Waals surface area contributed by atoms with Crippen molar-refractivity contribution >= 4 is 23.1 Å². The number of aromatic nitrogens is 1. The molecule has 5 aromatic carbocycles. The number of aryl methyl sites for hydroxylation is 2. The van der Waals surface area contributed by atoms with Crippen molar-refractivity contribution in [3.05, 3.63) is 145 Å². The van der Waals surface area contributed by atoms with Crippen LogP contribution in [0.5, 0.6) is 23.0 Å². The molecule has 5 heteroatoms. The summed E-state index contributed by atoms with van der Waals surface area (Å²) in [6.45, 7) is 4.28. The highest BCUT2D eigenvalue weighted by atomic mass is 16.5. The van der Waals surface area contributed by atoms with E-state index in [0.29, 0.717) is 0 Å². The van der Waals surface area contributed by atoms with Gasteiger partial charge in [-0.05, 0) is 95.3 Å². The van der Waals surface area contributed by atoms with Gasteiger partial charge in [0.2, 0.25) is 5.69 Å². The summed E-state index contributed by atoms with van der Waals surface area (Å²) in [4.78, 5) is 4.68. The summed E-state index contributed by atoms with van der Waals surface area (Å²) in [5.74, 6) is 3.08. The maximum absolute atomic E-state index is 6.37. The van der Waals surface area contributed by atoms with Crippen molar-refractivity contribution in [2.24, 2.45) is 0 Å². The highest BCUT2D eigenvalue weighted by Gasteiger charge is 2.33.